The van der Waals surface area contributed by atoms with Crippen LogP contribution in [0.15, 0.2) is 0 Å². The van der Waals surface area contributed by atoms with E-state index < -0.39 is 12.1 Å². The minimum absolute atomic E-state index is 0.0916. The molecule has 0 bridgehead atoms. The number of nitrogens with one attached hydrogen (secondary N) is 1. The standard InChI is InChI=1S/C13H24N2O4/c1-3-7-15(8-4-2)13(18)14-9-10-5-6-11(19-10)12(16)17/h10-11H,3-9H2,1-2H3,(H,14,18)(H,16,17). The summed E-state index contributed by atoms with van der Waals surface area (Å²) in [4.78, 5) is 24.5. The van der Waals surface area contributed by atoms with Crippen molar-refractivity contribution in [2.24, 2.45) is 0 Å². The second-order valence-corrected chi connectivity index (χ2v) is 4.84. The van der Waals surface area contributed by atoms with Crippen LogP contribution in [-0.4, -0.2) is 53.8 Å². The number of amides is 2. The van der Waals surface area contributed by atoms with E-state index in [2.05, 4.69) is 5.32 Å². The maximum absolute atomic E-state index is 11.9. The van der Waals surface area contributed by atoms with Gasteiger partial charge in [-0.05, 0) is 25.7 Å². The summed E-state index contributed by atoms with van der Waals surface area (Å²) in [5.74, 6) is -0.924. The molecular weight excluding hydrogens is 248 g/mol. The van der Waals surface area contributed by atoms with E-state index >= 15 is 0 Å². The van der Waals surface area contributed by atoms with Gasteiger partial charge in [-0.1, -0.05) is 13.8 Å². The second kappa shape index (κ2) is 7.99. The summed E-state index contributed by atoms with van der Waals surface area (Å²) in [6.45, 7) is 5.93. The number of urea groups is 1. The van der Waals surface area contributed by atoms with Crippen LogP contribution in [0, 0.1) is 0 Å². The van der Waals surface area contributed by atoms with Gasteiger partial charge in [0.2, 0.25) is 0 Å². The molecule has 0 spiro atoms. The summed E-state index contributed by atoms with van der Waals surface area (Å²) in [6.07, 6.45) is 2.14. The second-order valence-electron chi connectivity index (χ2n) is 4.84. The lowest BCUT2D eigenvalue weighted by molar-refractivity contribution is -0.149. The largest absolute Gasteiger partial charge is 0.479 e. The Morgan fingerprint density at radius 2 is 1.89 bits per heavy atom. The summed E-state index contributed by atoms with van der Waals surface area (Å²) in [6, 6.07) is -0.0916. The molecule has 0 saturated carbocycles. The Bertz CT molecular complexity index is 303. The number of hydrogen-bond acceptors (Lipinski definition) is 3. The van der Waals surface area contributed by atoms with E-state index in [0.717, 1.165) is 25.9 Å². The van der Waals surface area contributed by atoms with Gasteiger partial charge in [0.1, 0.15) is 0 Å². The molecule has 1 aliphatic heterocycles. The van der Waals surface area contributed by atoms with E-state index in [9.17, 15) is 9.59 Å². The SMILES string of the molecule is CCCN(CCC)C(=O)NCC1CCC(C(=O)O)O1. The first kappa shape index (κ1) is 15.8. The first-order valence-electron chi connectivity index (χ1n) is 6.99. The van der Waals surface area contributed by atoms with Gasteiger partial charge in [-0.15, -0.1) is 0 Å². The molecule has 1 rings (SSSR count). The number of hydrogen-bond donors (Lipinski definition) is 2. The molecular formula is C13H24N2O4. The fourth-order valence-electron chi connectivity index (χ4n) is 2.21. The van der Waals surface area contributed by atoms with Crippen LogP contribution in [0.1, 0.15) is 39.5 Å². The zero-order valence-corrected chi connectivity index (χ0v) is 11.7. The zero-order chi connectivity index (χ0) is 14.3. The van der Waals surface area contributed by atoms with Crippen molar-refractivity contribution in [1.82, 2.24) is 10.2 Å². The highest BCUT2D eigenvalue weighted by Crippen LogP contribution is 2.19. The van der Waals surface area contributed by atoms with Crippen LogP contribution < -0.4 is 5.32 Å². The van der Waals surface area contributed by atoms with Crippen LogP contribution in [0.4, 0.5) is 4.79 Å². The molecule has 0 aromatic rings. The third-order valence-corrected chi connectivity index (χ3v) is 3.14. The van der Waals surface area contributed by atoms with E-state index in [-0.39, 0.29) is 12.1 Å². The molecule has 2 unspecified atom stereocenters. The lowest BCUT2D eigenvalue weighted by Gasteiger charge is -2.23. The van der Waals surface area contributed by atoms with Crippen molar-refractivity contribution < 1.29 is 19.4 Å². The van der Waals surface area contributed by atoms with Crippen molar-refractivity contribution in [2.45, 2.75) is 51.7 Å². The topological polar surface area (TPSA) is 78.9 Å². The summed E-state index contributed by atoms with van der Waals surface area (Å²) < 4.78 is 5.34. The first-order chi connectivity index (χ1) is 9.08. The molecule has 6 heteroatoms. The van der Waals surface area contributed by atoms with E-state index in [1.807, 2.05) is 13.8 Å². The maximum atomic E-state index is 11.9. The number of rotatable bonds is 7. The molecule has 6 nitrogen and oxygen atoms in total. The molecule has 2 atom stereocenters. The molecule has 2 amide bonds. The molecule has 19 heavy (non-hydrogen) atoms. The summed E-state index contributed by atoms with van der Waals surface area (Å²) in [5.41, 5.74) is 0. The van der Waals surface area contributed by atoms with Crippen LogP contribution in [-0.2, 0) is 9.53 Å². The van der Waals surface area contributed by atoms with Gasteiger partial charge in [0, 0.05) is 19.6 Å². The van der Waals surface area contributed by atoms with E-state index in [1.165, 1.54) is 0 Å². The molecule has 1 saturated heterocycles. The Morgan fingerprint density at radius 3 is 2.37 bits per heavy atom. The van der Waals surface area contributed by atoms with Crippen LogP contribution in [0.25, 0.3) is 0 Å². The fourth-order valence-corrected chi connectivity index (χ4v) is 2.21. The molecule has 0 radical (unpaired) electrons. The van der Waals surface area contributed by atoms with Gasteiger partial charge < -0.3 is 20.1 Å². The number of aliphatic carboxylic acids is 1. The number of carboxylic acids is 1. The van der Waals surface area contributed by atoms with Crippen LogP contribution in [0.3, 0.4) is 0 Å². The Hall–Kier alpha value is -1.30. The van der Waals surface area contributed by atoms with Gasteiger partial charge in [-0.25, -0.2) is 9.59 Å². The number of carboxylic acid groups (broad SMARTS) is 1. The van der Waals surface area contributed by atoms with Gasteiger partial charge in [0.25, 0.3) is 0 Å². The van der Waals surface area contributed by atoms with Crippen molar-refractivity contribution in [3.05, 3.63) is 0 Å². The highest BCUT2D eigenvalue weighted by Gasteiger charge is 2.30. The summed E-state index contributed by atoms with van der Waals surface area (Å²) in [5, 5.41) is 11.6. The smallest absolute Gasteiger partial charge is 0.332 e. The fraction of sp³-hybridized carbons (Fsp3) is 0.846. The van der Waals surface area contributed by atoms with Crippen molar-refractivity contribution in [2.75, 3.05) is 19.6 Å². The van der Waals surface area contributed by atoms with Crippen LogP contribution in [0.5, 0.6) is 0 Å². The van der Waals surface area contributed by atoms with Crippen LogP contribution >= 0.6 is 0 Å². The number of carbonyl (C=O) groups is 2. The van der Waals surface area contributed by atoms with Crippen molar-refractivity contribution >= 4 is 12.0 Å². The predicted octanol–water partition coefficient (Wildman–Crippen LogP) is 1.45. The van der Waals surface area contributed by atoms with Crippen LogP contribution in [0.2, 0.25) is 0 Å². The minimum Gasteiger partial charge on any atom is -0.479 e. The zero-order valence-electron chi connectivity index (χ0n) is 11.7. The molecule has 0 aromatic heterocycles. The molecule has 1 fully saturated rings. The Morgan fingerprint density at radius 1 is 1.26 bits per heavy atom. The minimum atomic E-state index is -0.924. The van der Waals surface area contributed by atoms with Gasteiger partial charge in [0.15, 0.2) is 6.10 Å². The van der Waals surface area contributed by atoms with E-state index in [1.54, 1.807) is 4.90 Å². The van der Waals surface area contributed by atoms with Gasteiger partial charge in [-0.2, -0.15) is 0 Å². The van der Waals surface area contributed by atoms with Crippen molar-refractivity contribution in [3.63, 3.8) is 0 Å². The third-order valence-electron chi connectivity index (χ3n) is 3.14. The number of carbonyl (C=O) groups excluding carboxylic acids is 1. The van der Waals surface area contributed by atoms with Crippen molar-refractivity contribution in [1.29, 1.82) is 0 Å². The molecule has 110 valence electrons. The number of ether oxygens (including phenoxy) is 1. The average molecular weight is 272 g/mol. The molecule has 0 aliphatic carbocycles. The normalized spacial score (nSPS) is 22.2. The Balaban J connectivity index is 2.31. The first-order valence-corrected chi connectivity index (χ1v) is 6.99. The lowest BCUT2D eigenvalue weighted by atomic mass is 10.2. The van der Waals surface area contributed by atoms with Gasteiger partial charge in [0.05, 0.1) is 6.10 Å². The Kier molecular flexibility index (Phi) is 6.62. The molecule has 2 N–H and O–H groups in total. The lowest BCUT2D eigenvalue weighted by Crippen LogP contribution is -2.43. The highest BCUT2D eigenvalue weighted by atomic mass is 16.5. The van der Waals surface area contributed by atoms with E-state index in [4.69, 9.17) is 9.84 Å². The summed E-state index contributed by atoms with van der Waals surface area (Å²) >= 11 is 0. The highest BCUT2D eigenvalue weighted by molar-refractivity contribution is 5.74. The quantitative estimate of drug-likeness (QED) is 0.735. The molecule has 1 aliphatic rings. The van der Waals surface area contributed by atoms with Gasteiger partial charge >= 0.3 is 12.0 Å². The van der Waals surface area contributed by atoms with E-state index in [0.29, 0.717) is 19.4 Å². The van der Waals surface area contributed by atoms with Gasteiger partial charge in [-0.3, -0.25) is 0 Å². The third kappa shape index (κ3) is 5.06. The average Bonchev–Trinajstić information content (AvgIpc) is 2.84. The predicted molar refractivity (Wildman–Crippen MR) is 71.1 cm³/mol. The maximum Gasteiger partial charge on any atom is 0.332 e. The molecule has 0 aromatic carbocycles. The number of nitrogens with zero attached hydrogens (tertiary/aromatic N) is 1. The summed E-state index contributed by atoms with van der Waals surface area (Å²) in [7, 11) is 0. The molecule has 1 heterocycles. The Labute approximate surface area is 114 Å². The van der Waals surface area contributed by atoms with Crippen molar-refractivity contribution in [3.8, 4) is 0 Å². The monoisotopic (exact) mass is 272 g/mol.